The highest BCUT2D eigenvalue weighted by atomic mass is 16.5. The van der Waals surface area contributed by atoms with Gasteiger partial charge in [0, 0.05) is 37.6 Å². The average molecular weight is 240 g/mol. The fourth-order valence-corrected chi connectivity index (χ4v) is 4.19. The van der Waals surface area contributed by atoms with E-state index in [1.165, 1.54) is 0 Å². The van der Waals surface area contributed by atoms with E-state index in [4.69, 9.17) is 10.5 Å². The highest BCUT2D eigenvalue weighted by Gasteiger charge is 2.57. The van der Waals surface area contributed by atoms with Crippen LogP contribution in [-0.2, 0) is 4.74 Å². The molecule has 0 spiro atoms. The van der Waals surface area contributed by atoms with Gasteiger partial charge in [-0.05, 0) is 32.2 Å². The second-order valence-corrected chi connectivity index (χ2v) is 6.10. The summed E-state index contributed by atoms with van der Waals surface area (Å²) in [4.78, 5) is 2.47. The van der Waals surface area contributed by atoms with Crippen molar-refractivity contribution in [2.45, 2.75) is 31.3 Å². The van der Waals surface area contributed by atoms with E-state index in [2.05, 4.69) is 4.90 Å². The summed E-state index contributed by atoms with van der Waals surface area (Å²) in [5.74, 6) is 0.404. The molecule has 3 aliphatic heterocycles. The highest BCUT2D eigenvalue weighted by Crippen LogP contribution is 2.49. The lowest BCUT2D eigenvalue weighted by Crippen LogP contribution is -2.63. The van der Waals surface area contributed by atoms with Crippen LogP contribution in [0.2, 0.25) is 0 Å². The van der Waals surface area contributed by atoms with Gasteiger partial charge in [-0.15, -0.1) is 0 Å². The molecule has 0 aromatic heterocycles. The Bertz CT molecular complexity index is 291. The Hall–Kier alpha value is -0.160. The van der Waals surface area contributed by atoms with Crippen molar-refractivity contribution < 1.29 is 9.84 Å². The van der Waals surface area contributed by atoms with Gasteiger partial charge in [0.05, 0.1) is 12.2 Å². The Labute approximate surface area is 103 Å². The molecule has 17 heavy (non-hydrogen) atoms. The normalized spacial score (nSPS) is 50.5. The lowest BCUT2D eigenvalue weighted by Gasteiger charge is -2.53. The fraction of sp³-hybridized carbons (Fsp3) is 1.00. The standard InChI is InChI=1S/C13H24N2O2/c14-9-12(3-1-7-17-10-12)13(16)4-6-15-5-2-11(13)8-15/h11,16H,1-10,14H2. The van der Waals surface area contributed by atoms with Crippen LogP contribution in [0.25, 0.3) is 0 Å². The van der Waals surface area contributed by atoms with Gasteiger partial charge in [0.25, 0.3) is 0 Å². The Balaban J connectivity index is 1.88. The first kappa shape index (κ1) is 11.9. The third kappa shape index (κ3) is 1.65. The molecule has 4 nitrogen and oxygen atoms in total. The summed E-state index contributed by atoms with van der Waals surface area (Å²) in [5.41, 5.74) is 5.25. The number of hydrogen-bond donors (Lipinski definition) is 2. The van der Waals surface area contributed by atoms with Crippen molar-refractivity contribution in [3.8, 4) is 0 Å². The van der Waals surface area contributed by atoms with Crippen LogP contribution in [0.1, 0.15) is 25.7 Å². The van der Waals surface area contributed by atoms with Gasteiger partial charge in [-0.1, -0.05) is 0 Å². The van der Waals surface area contributed by atoms with Crippen LogP contribution in [0.3, 0.4) is 0 Å². The van der Waals surface area contributed by atoms with Crippen molar-refractivity contribution in [1.29, 1.82) is 0 Å². The van der Waals surface area contributed by atoms with Gasteiger partial charge in [0.2, 0.25) is 0 Å². The second-order valence-electron chi connectivity index (χ2n) is 6.10. The predicted molar refractivity (Wildman–Crippen MR) is 65.7 cm³/mol. The maximum absolute atomic E-state index is 11.2. The first-order chi connectivity index (χ1) is 8.20. The molecular weight excluding hydrogens is 216 g/mol. The smallest absolute Gasteiger partial charge is 0.0790 e. The number of ether oxygens (including phenoxy) is 1. The number of nitrogens with zero attached hydrogens (tertiary/aromatic N) is 1. The first-order valence-corrected chi connectivity index (χ1v) is 6.93. The summed E-state index contributed by atoms with van der Waals surface area (Å²) in [6.07, 6.45) is 4.06. The van der Waals surface area contributed by atoms with Crippen molar-refractivity contribution >= 4 is 0 Å². The molecule has 0 saturated carbocycles. The van der Waals surface area contributed by atoms with Gasteiger partial charge in [0.1, 0.15) is 0 Å². The summed E-state index contributed by atoms with van der Waals surface area (Å²) in [5, 5.41) is 11.2. The molecule has 4 heteroatoms. The number of fused-ring (bicyclic) bond motifs is 2. The van der Waals surface area contributed by atoms with E-state index >= 15 is 0 Å². The van der Waals surface area contributed by atoms with Crippen molar-refractivity contribution in [3.05, 3.63) is 0 Å². The fourth-order valence-electron chi connectivity index (χ4n) is 4.19. The molecule has 3 aliphatic rings. The van der Waals surface area contributed by atoms with Crippen molar-refractivity contribution in [2.24, 2.45) is 17.1 Å². The number of aliphatic hydroxyl groups is 1. The quantitative estimate of drug-likeness (QED) is 0.724. The zero-order chi connectivity index (χ0) is 11.9. The monoisotopic (exact) mass is 240 g/mol. The summed E-state index contributed by atoms with van der Waals surface area (Å²) in [7, 11) is 0. The molecule has 3 saturated heterocycles. The van der Waals surface area contributed by atoms with Crippen LogP contribution >= 0.6 is 0 Å². The van der Waals surface area contributed by atoms with Crippen molar-refractivity contribution in [2.75, 3.05) is 39.4 Å². The highest BCUT2D eigenvalue weighted by molar-refractivity contribution is 5.09. The molecule has 0 aromatic carbocycles. The van der Waals surface area contributed by atoms with E-state index in [1.54, 1.807) is 0 Å². The molecule has 4 atom stereocenters. The van der Waals surface area contributed by atoms with Crippen molar-refractivity contribution in [1.82, 2.24) is 4.90 Å². The molecule has 4 unspecified atom stereocenters. The average Bonchev–Trinajstić information content (AvgIpc) is 2.80. The van der Waals surface area contributed by atoms with E-state index in [1.807, 2.05) is 0 Å². The first-order valence-electron chi connectivity index (χ1n) is 6.93. The maximum atomic E-state index is 11.2. The number of hydrogen-bond acceptors (Lipinski definition) is 4. The zero-order valence-electron chi connectivity index (χ0n) is 10.5. The van der Waals surface area contributed by atoms with E-state index in [0.29, 0.717) is 19.1 Å². The molecule has 0 amide bonds. The van der Waals surface area contributed by atoms with Crippen LogP contribution in [0.5, 0.6) is 0 Å². The lowest BCUT2D eigenvalue weighted by atomic mass is 9.60. The molecule has 98 valence electrons. The topological polar surface area (TPSA) is 58.7 Å². The maximum Gasteiger partial charge on any atom is 0.0790 e. The van der Waals surface area contributed by atoms with Gasteiger partial charge < -0.3 is 20.5 Å². The summed E-state index contributed by atoms with van der Waals surface area (Å²) in [6, 6.07) is 0. The van der Waals surface area contributed by atoms with E-state index in [-0.39, 0.29) is 5.41 Å². The van der Waals surface area contributed by atoms with Crippen LogP contribution in [-0.4, -0.2) is 55.0 Å². The SMILES string of the molecule is NCC1(C2(O)CCN3CCC2C3)CCCOC1. The molecule has 3 rings (SSSR count). The number of nitrogens with two attached hydrogens (primary N) is 1. The van der Waals surface area contributed by atoms with Gasteiger partial charge in [-0.25, -0.2) is 0 Å². The van der Waals surface area contributed by atoms with E-state index < -0.39 is 5.60 Å². The lowest BCUT2D eigenvalue weighted by molar-refractivity contribution is -0.183. The molecule has 2 bridgehead atoms. The molecular formula is C13H24N2O2. The Morgan fingerprint density at radius 1 is 1.35 bits per heavy atom. The van der Waals surface area contributed by atoms with E-state index in [0.717, 1.165) is 51.9 Å². The third-order valence-corrected chi connectivity index (χ3v) is 5.39. The zero-order valence-corrected chi connectivity index (χ0v) is 10.5. The van der Waals surface area contributed by atoms with Crippen molar-refractivity contribution in [3.63, 3.8) is 0 Å². The predicted octanol–water partition coefficient (Wildman–Crippen LogP) is 0.199. The Kier molecular flexibility index (Phi) is 2.94. The molecule has 3 heterocycles. The van der Waals surface area contributed by atoms with Gasteiger partial charge >= 0.3 is 0 Å². The minimum Gasteiger partial charge on any atom is -0.389 e. The van der Waals surface area contributed by atoms with Gasteiger partial charge in [0.15, 0.2) is 0 Å². The Morgan fingerprint density at radius 3 is 2.94 bits per heavy atom. The summed E-state index contributed by atoms with van der Waals surface area (Å²) >= 11 is 0. The van der Waals surface area contributed by atoms with Crippen LogP contribution < -0.4 is 5.73 Å². The summed E-state index contributed by atoms with van der Waals surface area (Å²) < 4.78 is 5.65. The minimum absolute atomic E-state index is 0.188. The van der Waals surface area contributed by atoms with Gasteiger partial charge in [-0.2, -0.15) is 0 Å². The van der Waals surface area contributed by atoms with E-state index in [9.17, 15) is 5.11 Å². The molecule has 0 aromatic rings. The minimum atomic E-state index is -0.588. The van der Waals surface area contributed by atoms with Crippen LogP contribution in [0.4, 0.5) is 0 Å². The number of rotatable bonds is 2. The van der Waals surface area contributed by atoms with Crippen LogP contribution in [0.15, 0.2) is 0 Å². The van der Waals surface area contributed by atoms with Gasteiger partial charge in [-0.3, -0.25) is 0 Å². The molecule has 3 fully saturated rings. The third-order valence-electron chi connectivity index (χ3n) is 5.39. The molecule has 0 aliphatic carbocycles. The number of piperidine rings is 1. The summed E-state index contributed by atoms with van der Waals surface area (Å²) in [6.45, 7) is 5.26. The molecule has 0 radical (unpaired) electrons. The van der Waals surface area contributed by atoms with Crippen LogP contribution in [0, 0.1) is 11.3 Å². The molecule has 3 N–H and O–H groups in total. The Morgan fingerprint density at radius 2 is 2.24 bits per heavy atom. The second kappa shape index (κ2) is 4.19. The largest absolute Gasteiger partial charge is 0.389 e.